The second kappa shape index (κ2) is 8.64. The molecule has 2 rings (SSSR count). The predicted molar refractivity (Wildman–Crippen MR) is 89.9 cm³/mol. The van der Waals surface area contributed by atoms with Gasteiger partial charge in [0.25, 0.3) is 0 Å². The molecular formula is C16H30N4O4. The number of piperazine rings is 1. The van der Waals surface area contributed by atoms with Crippen molar-refractivity contribution in [2.24, 2.45) is 0 Å². The highest BCUT2D eigenvalue weighted by molar-refractivity contribution is 5.75. The number of rotatable bonds is 7. The lowest BCUT2D eigenvalue weighted by atomic mass is 9.85. The monoisotopic (exact) mass is 342 g/mol. The lowest BCUT2D eigenvalue weighted by molar-refractivity contribution is -0.139. The first-order valence-electron chi connectivity index (χ1n) is 8.80. The van der Waals surface area contributed by atoms with Crippen LogP contribution in [0.15, 0.2) is 0 Å². The van der Waals surface area contributed by atoms with Crippen LogP contribution in [0.2, 0.25) is 0 Å². The standard InChI is InChI=1S/C16H30N4O4/c1-3-19(11-15(22)23)14-8-13(9-14)17-16(24)20-5-4-18(6-7-21)10-12(20)2/h12-14,21H,3-11H2,1-2H3,(H,17,24)(H,22,23). The van der Waals surface area contributed by atoms with Crippen molar-refractivity contribution in [3.63, 3.8) is 0 Å². The largest absolute Gasteiger partial charge is 0.480 e. The summed E-state index contributed by atoms with van der Waals surface area (Å²) < 4.78 is 0. The molecule has 1 atom stereocenters. The zero-order valence-electron chi connectivity index (χ0n) is 14.6. The summed E-state index contributed by atoms with van der Waals surface area (Å²) >= 11 is 0. The Labute approximate surface area is 143 Å². The zero-order chi connectivity index (χ0) is 17.7. The van der Waals surface area contributed by atoms with E-state index in [0.29, 0.717) is 19.6 Å². The number of nitrogens with one attached hydrogen (secondary N) is 1. The van der Waals surface area contributed by atoms with Crippen LogP contribution in [-0.2, 0) is 4.79 Å². The van der Waals surface area contributed by atoms with Gasteiger partial charge in [-0.25, -0.2) is 4.79 Å². The molecule has 0 bridgehead atoms. The number of amides is 2. The molecule has 2 amide bonds. The molecule has 2 fully saturated rings. The number of carbonyl (C=O) groups excluding carboxylic acids is 1. The Bertz CT molecular complexity index is 442. The van der Waals surface area contributed by atoms with Crippen LogP contribution in [0.1, 0.15) is 26.7 Å². The zero-order valence-corrected chi connectivity index (χ0v) is 14.6. The first-order chi connectivity index (χ1) is 11.4. The first kappa shape index (κ1) is 19.0. The Kier molecular flexibility index (Phi) is 6.82. The van der Waals surface area contributed by atoms with Gasteiger partial charge >= 0.3 is 12.0 Å². The molecule has 0 aromatic carbocycles. The third kappa shape index (κ3) is 4.81. The fourth-order valence-corrected chi connectivity index (χ4v) is 3.61. The minimum Gasteiger partial charge on any atom is -0.480 e. The summed E-state index contributed by atoms with van der Waals surface area (Å²) in [5, 5.41) is 21.0. The van der Waals surface area contributed by atoms with Crippen molar-refractivity contribution < 1.29 is 19.8 Å². The van der Waals surface area contributed by atoms with Crippen LogP contribution in [-0.4, -0.2) is 101 Å². The van der Waals surface area contributed by atoms with Gasteiger partial charge in [-0.2, -0.15) is 0 Å². The van der Waals surface area contributed by atoms with Gasteiger partial charge in [0.1, 0.15) is 0 Å². The van der Waals surface area contributed by atoms with E-state index in [-0.39, 0.29) is 37.3 Å². The number of aliphatic carboxylic acids is 1. The summed E-state index contributed by atoms with van der Waals surface area (Å²) in [6.45, 7) is 7.79. The van der Waals surface area contributed by atoms with Crippen LogP contribution in [0.3, 0.4) is 0 Å². The van der Waals surface area contributed by atoms with Crippen molar-refractivity contribution in [1.29, 1.82) is 0 Å². The number of hydrogen-bond donors (Lipinski definition) is 3. The Morgan fingerprint density at radius 2 is 2.00 bits per heavy atom. The lowest BCUT2D eigenvalue weighted by Crippen LogP contribution is -2.61. The number of hydrogen-bond acceptors (Lipinski definition) is 5. The van der Waals surface area contributed by atoms with Crippen molar-refractivity contribution in [1.82, 2.24) is 20.0 Å². The van der Waals surface area contributed by atoms with Gasteiger partial charge in [-0.1, -0.05) is 6.92 Å². The summed E-state index contributed by atoms with van der Waals surface area (Å²) in [6, 6.07) is 0.472. The summed E-state index contributed by atoms with van der Waals surface area (Å²) in [6.07, 6.45) is 1.62. The minimum atomic E-state index is -0.807. The number of carboxylic acid groups (broad SMARTS) is 1. The Hall–Kier alpha value is -1.38. The number of β-amino-alcohol motifs (C(OH)–C–C–N with tert-alkyl or cyclic N) is 1. The third-order valence-electron chi connectivity index (χ3n) is 5.09. The molecule has 8 heteroatoms. The Morgan fingerprint density at radius 1 is 1.29 bits per heavy atom. The van der Waals surface area contributed by atoms with Crippen LogP contribution >= 0.6 is 0 Å². The topological polar surface area (TPSA) is 96.4 Å². The van der Waals surface area contributed by atoms with Crippen LogP contribution in [0.5, 0.6) is 0 Å². The van der Waals surface area contributed by atoms with E-state index in [1.165, 1.54) is 0 Å². The van der Waals surface area contributed by atoms with Gasteiger partial charge in [0.2, 0.25) is 0 Å². The quantitative estimate of drug-likeness (QED) is 0.584. The van der Waals surface area contributed by atoms with Crippen molar-refractivity contribution in [3.8, 4) is 0 Å². The van der Waals surface area contributed by atoms with Gasteiger partial charge in [0, 0.05) is 44.3 Å². The van der Waals surface area contributed by atoms with Gasteiger partial charge in [0.05, 0.1) is 13.2 Å². The van der Waals surface area contributed by atoms with E-state index in [2.05, 4.69) is 10.2 Å². The molecule has 0 radical (unpaired) electrons. The summed E-state index contributed by atoms with van der Waals surface area (Å²) in [5.41, 5.74) is 0. The average molecular weight is 342 g/mol. The van der Waals surface area contributed by atoms with Gasteiger partial charge in [-0.15, -0.1) is 0 Å². The molecule has 8 nitrogen and oxygen atoms in total. The van der Waals surface area contributed by atoms with E-state index < -0.39 is 5.97 Å². The van der Waals surface area contributed by atoms with E-state index in [1.807, 2.05) is 23.6 Å². The minimum absolute atomic E-state index is 0.0316. The molecule has 138 valence electrons. The van der Waals surface area contributed by atoms with Crippen molar-refractivity contribution in [2.75, 3.05) is 45.9 Å². The second-order valence-corrected chi connectivity index (χ2v) is 6.80. The van der Waals surface area contributed by atoms with E-state index in [1.54, 1.807) is 0 Å². The number of carboxylic acids is 1. The number of carbonyl (C=O) groups is 2. The first-order valence-corrected chi connectivity index (χ1v) is 8.80. The molecule has 1 aliphatic carbocycles. The maximum Gasteiger partial charge on any atom is 0.317 e. The van der Waals surface area contributed by atoms with Crippen LogP contribution < -0.4 is 5.32 Å². The molecule has 0 aromatic heterocycles. The molecule has 1 saturated carbocycles. The molecule has 2 aliphatic rings. The number of nitrogens with zero attached hydrogens (tertiary/aromatic N) is 3. The molecule has 3 N–H and O–H groups in total. The number of urea groups is 1. The maximum atomic E-state index is 12.4. The summed E-state index contributed by atoms with van der Waals surface area (Å²) in [4.78, 5) is 29.3. The second-order valence-electron chi connectivity index (χ2n) is 6.80. The molecule has 1 heterocycles. The highest BCUT2D eigenvalue weighted by atomic mass is 16.4. The molecule has 0 spiro atoms. The van der Waals surface area contributed by atoms with Crippen molar-refractivity contribution >= 4 is 12.0 Å². The SMILES string of the molecule is CCN(CC(=O)O)C1CC(NC(=O)N2CCN(CCO)CC2C)C1. The fourth-order valence-electron chi connectivity index (χ4n) is 3.61. The Morgan fingerprint density at radius 3 is 2.54 bits per heavy atom. The van der Waals surface area contributed by atoms with Crippen LogP contribution in [0, 0.1) is 0 Å². The normalized spacial score (nSPS) is 27.8. The molecule has 1 unspecified atom stereocenters. The molecule has 0 aromatic rings. The fraction of sp³-hybridized carbons (Fsp3) is 0.875. The summed E-state index contributed by atoms with van der Waals surface area (Å²) in [5.74, 6) is -0.807. The molecule has 1 saturated heterocycles. The highest BCUT2D eigenvalue weighted by Gasteiger charge is 2.36. The number of aliphatic hydroxyl groups is 1. The van der Waals surface area contributed by atoms with E-state index >= 15 is 0 Å². The maximum absolute atomic E-state index is 12.4. The van der Waals surface area contributed by atoms with Crippen molar-refractivity contribution in [3.05, 3.63) is 0 Å². The lowest BCUT2D eigenvalue weighted by Gasteiger charge is -2.44. The van der Waals surface area contributed by atoms with E-state index in [4.69, 9.17) is 10.2 Å². The predicted octanol–water partition coefficient (Wildman–Crippen LogP) is -0.368. The average Bonchev–Trinajstić information content (AvgIpc) is 2.48. The number of aliphatic hydroxyl groups excluding tert-OH is 1. The van der Waals surface area contributed by atoms with Gasteiger partial charge in [-0.05, 0) is 26.3 Å². The number of likely N-dealkylation sites (N-methyl/N-ethyl adjacent to an activating group) is 1. The summed E-state index contributed by atoms with van der Waals surface area (Å²) in [7, 11) is 0. The van der Waals surface area contributed by atoms with E-state index in [9.17, 15) is 9.59 Å². The third-order valence-corrected chi connectivity index (χ3v) is 5.09. The van der Waals surface area contributed by atoms with Crippen molar-refractivity contribution in [2.45, 2.75) is 44.8 Å². The Balaban J connectivity index is 1.73. The molecule has 24 heavy (non-hydrogen) atoms. The van der Waals surface area contributed by atoms with E-state index in [0.717, 1.165) is 25.9 Å². The highest BCUT2D eigenvalue weighted by Crippen LogP contribution is 2.26. The smallest absolute Gasteiger partial charge is 0.317 e. The van der Waals surface area contributed by atoms with Gasteiger partial charge < -0.3 is 20.4 Å². The van der Waals surface area contributed by atoms with Crippen LogP contribution in [0.4, 0.5) is 4.79 Å². The molecule has 1 aliphatic heterocycles. The van der Waals surface area contributed by atoms with Gasteiger partial charge in [-0.3, -0.25) is 14.6 Å². The van der Waals surface area contributed by atoms with Gasteiger partial charge in [0.15, 0.2) is 0 Å². The van der Waals surface area contributed by atoms with Crippen LogP contribution in [0.25, 0.3) is 0 Å². The molecular weight excluding hydrogens is 312 g/mol.